The normalized spacial score (nSPS) is 15.1. The van der Waals surface area contributed by atoms with Crippen molar-refractivity contribution in [2.45, 2.75) is 17.6 Å². The number of anilines is 1. The maximum Gasteiger partial charge on any atom is 0.490 e. The van der Waals surface area contributed by atoms with Crippen molar-refractivity contribution in [3.8, 4) is 0 Å². The summed E-state index contributed by atoms with van der Waals surface area (Å²) in [5.41, 5.74) is 0.928. The molecule has 1 aliphatic heterocycles. The zero-order chi connectivity index (χ0) is 20.9. The van der Waals surface area contributed by atoms with Crippen molar-refractivity contribution in [1.29, 1.82) is 0 Å². The third kappa shape index (κ3) is 5.20. The second-order valence-electron chi connectivity index (χ2n) is 5.86. The maximum absolute atomic E-state index is 12.7. The predicted molar refractivity (Wildman–Crippen MR) is 95.2 cm³/mol. The number of sulfonamides is 1. The molecule has 0 bridgehead atoms. The number of nitrogens with zero attached hydrogens (tertiary/aromatic N) is 3. The largest absolute Gasteiger partial charge is 0.490 e. The fraction of sp³-hybridized carbons (Fsp3) is 0.294. The maximum atomic E-state index is 12.7. The lowest BCUT2D eigenvalue weighted by Crippen LogP contribution is -2.34. The highest BCUT2D eigenvalue weighted by Gasteiger charge is 2.38. The molecule has 11 heteroatoms. The molecule has 1 aliphatic rings. The number of pyridine rings is 1. The molecule has 152 valence electrons. The molecule has 3 rings (SSSR count). The molecule has 28 heavy (non-hydrogen) atoms. The van der Waals surface area contributed by atoms with Gasteiger partial charge in [0.05, 0.1) is 4.90 Å². The van der Waals surface area contributed by atoms with Gasteiger partial charge in [-0.3, -0.25) is 0 Å². The Morgan fingerprint density at radius 3 is 2.29 bits per heavy atom. The predicted octanol–water partition coefficient (Wildman–Crippen LogP) is 2.36. The van der Waals surface area contributed by atoms with Crippen LogP contribution in [-0.2, 0) is 21.4 Å². The summed E-state index contributed by atoms with van der Waals surface area (Å²) in [5.74, 6) is -1.91. The number of aromatic nitrogens is 1. The number of alkyl halides is 3. The molecule has 0 fully saturated rings. The van der Waals surface area contributed by atoms with E-state index in [0.29, 0.717) is 24.5 Å². The minimum atomic E-state index is -5.08. The molecule has 0 aliphatic carbocycles. The van der Waals surface area contributed by atoms with Crippen molar-refractivity contribution >= 4 is 21.8 Å². The van der Waals surface area contributed by atoms with Gasteiger partial charge in [0.1, 0.15) is 5.82 Å². The summed E-state index contributed by atoms with van der Waals surface area (Å²) < 4.78 is 58.7. The Morgan fingerprint density at radius 1 is 1.11 bits per heavy atom. The van der Waals surface area contributed by atoms with Gasteiger partial charge in [-0.15, -0.1) is 0 Å². The van der Waals surface area contributed by atoms with Crippen LogP contribution >= 0.6 is 0 Å². The Hall–Kier alpha value is -2.66. The third-order valence-electron chi connectivity index (χ3n) is 3.88. The molecule has 0 radical (unpaired) electrons. The first-order chi connectivity index (χ1) is 13.0. The Bertz CT molecular complexity index is 921. The topological polar surface area (TPSA) is 90.8 Å². The number of carboxylic acid groups (broad SMARTS) is 1. The van der Waals surface area contributed by atoms with Gasteiger partial charge in [-0.2, -0.15) is 17.5 Å². The van der Waals surface area contributed by atoms with Gasteiger partial charge in [-0.1, -0.05) is 24.3 Å². The van der Waals surface area contributed by atoms with Crippen LogP contribution in [0.3, 0.4) is 0 Å². The number of halogens is 3. The fourth-order valence-electron chi connectivity index (χ4n) is 2.48. The molecule has 2 heterocycles. The molecular weight excluding hydrogens is 399 g/mol. The molecule has 7 nitrogen and oxygen atoms in total. The van der Waals surface area contributed by atoms with Gasteiger partial charge in [0.25, 0.3) is 0 Å². The van der Waals surface area contributed by atoms with Gasteiger partial charge in [0.15, 0.2) is 0 Å². The van der Waals surface area contributed by atoms with E-state index in [-0.39, 0.29) is 0 Å². The van der Waals surface area contributed by atoms with Gasteiger partial charge in [0.2, 0.25) is 10.0 Å². The van der Waals surface area contributed by atoms with Crippen molar-refractivity contribution in [2.24, 2.45) is 0 Å². The number of benzene rings is 1. The van der Waals surface area contributed by atoms with Gasteiger partial charge < -0.3 is 10.0 Å². The standard InChI is InChI=1S/C15H17N3O2S.C2HF3O2/c1-17-10-11-18(12-13-6-5-9-16-15(13)17)21(19,20)14-7-3-2-4-8-14;3-2(4,5)1(6)7/h2-9H,10-12H2,1H3;(H,6,7). The van der Waals surface area contributed by atoms with Crippen LogP contribution in [0.4, 0.5) is 19.0 Å². The molecule has 1 N–H and O–H groups in total. The van der Waals surface area contributed by atoms with Gasteiger partial charge in [0, 0.05) is 38.4 Å². The first-order valence-corrected chi connectivity index (χ1v) is 9.48. The first-order valence-electron chi connectivity index (χ1n) is 8.04. The van der Waals surface area contributed by atoms with Gasteiger partial charge >= 0.3 is 12.1 Å². The van der Waals surface area contributed by atoms with Gasteiger partial charge in [-0.05, 0) is 18.2 Å². The fourth-order valence-corrected chi connectivity index (χ4v) is 3.91. The SMILES string of the molecule is CN1CCN(S(=O)(=O)c2ccccc2)Cc2cccnc21.O=C(O)C(F)(F)F. The minimum absolute atomic E-state index is 0.333. The molecule has 0 spiro atoms. The highest BCUT2D eigenvalue weighted by molar-refractivity contribution is 7.89. The second kappa shape index (κ2) is 8.57. The zero-order valence-corrected chi connectivity index (χ0v) is 15.6. The van der Waals surface area contributed by atoms with Crippen molar-refractivity contribution in [1.82, 2.24) is 9.29 Å². The van der Waals surface area contributed by atoms with Crippen molar-refractivity contribution in [2.75, 3.05) is 25.0 Å². The van der Waals surface area contributed by atoms with Crippen LogP contribution in [0, 0.1) is 0 Å². The lowest BCUT2D eigenvalue weighted by atomic mass is 10.2. The van der Waals surface area contributed by atoms with Crippen LogP contribution < -0.4 is 4.90 Å². The summed E-state index contributed by atoms with van der Waals surface area (Å²) >= 11 is 0. The number of likely N-dealkylation sites (N-methyl/N-ethyl adjacent to an activating group) is 1. The van der Waals surface area contributed by atoms with E-state index in [2.05, 4.69) is 4.98 Å². The van der Waals surface area contributed by atoms with E-state index >= 15 is 0 Å². The number of aliphatic carboxylic acids is 1. The average molecular weight is 417 g/mol. The van der Waals surface area contributed by atoms with Crippen molar-refractivity contribution in [3.63, 3.8) is 0 Å². The van der Waals surface area contributed by atoms with Crippen molar-refractivity contribution < 1.29 is 31.5 Å². The number of hydrogen-bond acceptors (Lipinski definition) is 5. The number of rotatable bonds is 2. The van der Waals surface area contributed by atoms with E-state index in [4.69, 9.17) is 9.90 Å². The number of carboxylic acids is 1. The Labute approximate surface area is 160 Å². The Balaban J connectivity index is 0.000000345. The summed E-state index contributed by atoms with van der Waals surface area (Å²) in [6.07, 6.45) is -3.35. The molecule has 2 aromatic rings. The third-order valence-corrected chi connectivity index (χ3v) is 5.74. The molecule has 1 aromatic carbocycles. The van der Waals surface area contributed by atoms with E-state index in [1.807, 2.05) is 30.1 Å². The lowest BCUT2D eigenvalue weighted by Gasteiger charge is -2.20. The van der Waals surface area contributed by atoms with E-state index in [1.54, 1.807) is 30.5 Å². The first kappa shape index (κ1) is 21.6. The van der Waals surface area contributed by atoms with Crippen LogP contribution in [-0.4, -0.2) is 55.1 Å². The minimum Gasteiger partial charge on any atom is -0.475 e. The molecule has 0 unspecified atom stereocenters. The number of hydrogen-bond donors (Lipinski definition) is 1. The van der Waals surface area contributed by atoms with Crippen LogP contribution in [0.2, 0.25) is 0 Å². The number of fused-ring (bicyclic) bond motifs is 1. The summed E-state index contributed by atoms with van der Waals surface area (Å²) in [6.45, 7) is 1.42. The summed E-state index contributed by atoms with van der Waals surface area (Å²) in [4.78, 5) is 15.6. The average Bonchev–Trinajstić information content (AvgIpc) is 2.82. The molecule has 0 saturated heterocycles. The lowest BCUT2D eigenvalue weighted by molar-refractivity contribution is -0.192. The van der Waals surface area contributed by atoms with E-state index in [1.165, 1.54) is 4.31 Å². The zero-order valence-electron chi connectivity index (χ0n) is 14.8. The monoisotopic (exact) mass is 417 g/mol. The van der Waals surface area contributed by atoms with Crippen molar-refractivity contribution in [3.05, 3.63) is 54.2 Å². The van der Waals surface area contributed by atoms with Crippen LogP contribution in [0.15, 0.2) is 53.6 Å². The van der Waals surface area contributed by atoms with Gasteiger partial charge in [-0.25, -0.2) is 18.2 Å². The molecule has 0 saturated carbocycles. The summed E-state index contributed by atoms with van der Waals surface area (Å²) in [5, 5.41) is 7.12. The molecular formula is C17H18F3N3O4S. The van der Waals surface area contributed by atoms with Crippen LogP contribution in [0.25, 0.3) is 0 Å². The molecule has 0 atom stereocenters. The Kier molecular flexibility index (Phi) is 6.62. The summed E-state index contributed by atoms with van der Waals surface area (Å²) in [7, 11) is -1.54. The highest BCUT2D eigenvalue weighted by Crippen LogP contribution is 2.25. The van der Waals surface area contributed by atoms with E-state index < -0.39 is 22.2 Å². The van der Waals surface area contributed by atoms with E-state index in [9.17, 15) is 21.6 Å². The smallest absolute Gasteiger partial charge is 0.475 e. The van der Waals surface area contributed by atoms with E-state index in [0.717, 1.165) is 11.4 Å². The number of carbonyl (C=O) groups is 1. The quantitative estimate of drug-likeness (QED) is 0.807. The molecule has 1 aromatic heterocycles. The summed E-state index contributed by atoms with van der Waals surface area (Å²) in [6, 6.07) is 12.3. The Morgan fingerprint density at radius 2 is 1.71 bits per heavy atom. The van der Waals surface area contributed by atoms with Crippen LogP contribution in [0.5, 0.6) is 0 Å². The van der Waals surface area contributed by atoms with Crippen LogP contribution in [0.1, 0.15) is 5.56 Å². The molecule has 0 amide bonds. The second-order valence-corrected chi connectivity index (χ2v) is 7.80. The highest BCUT2D eigenvalue weighted by atomic mass is 32.2.